The molecular formula is C23H34N6OS. The molecule has 2 saturated heterocycles. The first-order valence-corrected chi connectivity index (χ1v) is 12.5. The van der Waals surface area contributed by atoms with E-state index in [0.717, 1.165) is 81.5 Å². The van der Waals surface area contributed by atoms with Crippen LogP contribution in [-0.2, 0) is 4.79 Å². The van der Waals surface area contributed by atoms with Crippen LogP contribution in [0.5, 0.6) is 0 Å². The van der Waals surface area contributed by atoms with Gasteiger partial charge >= 0.3 is 0 Å². The van der Waals surface area contributed by atoms with Crippen LogP contribution in [0.2, 0.25) is 0 Å². The number of carbonyl (C=O) groups excluding carboxylic acids is 1. The van der Waals surface area contributed by atoms with E-state index in [-0.39, 0.29) is 11.9 Å². The summed E-state index contributed by atoms with van der Waals surface area (Å²) in [6.07, 6.45) is 2.89. The van der Waals surface area contributed by atoms with Gasteiger partial charge in [-0.05, 0) is 38.4 Å². The molecule has 0 radical (unpaired) electrons. The second-order valence-corrected chi connectivity index (χ2v) is 9.54. The van der Waals surface area contributed by atoms with Crippen LogP contribution in [0, 0.1) is 6.92 Å². The number of benzene rings is 1. The number of nitrogens with zero attached hydrogens (tertiary/aromatic N) is 5. The summed E-state index contributed by atoms with van der Waals surface area (Å²) in [4.78, 5) is 19.2. The van der Waals surface area contributed by atoms with Gasteiger partial charge in [-0.1, -0.05) is 24.6 Å². The highest BCUT2D eigenvalue weighted by Crippen LogP contribution is 2.22. The zero-order chi connectivity index (χ0) is 21.6. The van der Waals surface area contributed by atoms with Crippen molar-refractivity contribution in [3.8, 4) is 5.69 Å². The van der Waals surface area contributed by atoms with Crippen molar-refractivity contribution < 1.29 is 4.79 Å². The molecule has 0 spiro atoms. The van der Waals surface area contributed by atoms with E-state index in [2.05, 4.69) is 51.7 Å². The number of unbranched alkanes of at least 4 members (excludes halogenated alkanes) is 1. The van der Waals surface area contributed by atoms with E-state index in [9.17, 15) is 4.79 Å². The van der Waals surface area contributed by atoms with E-state index in [1.165, 1.54) is 5.82 Å². The molecule has 2 N–H and O–H groups in total. The smallest absolute Gasteiger partial charge is 0.240 e. The lowest BCUT2D eigenvalue weighted by Gasteiger charge is -2.36. The summed E-state index contributed by atoms with van der Waals surface area (Å²) in [5.74, 6) is 3.15. The normalized spacial score (nSPS) is 18.5. The van der Waals surface area contributed by atoms with Crippen LogP contribution in [0.4, 0.5) is 5.82 Å². The molecule has 3 heterocycles. The summed E-state index contributed by atoms with van der Waals surface area (Å²) in [6, 6.07) is 12.2. The Kier molecular flexibility index (Phi) is 7.53. The minimum absolute atomic E-state index is 0.129. The summed E-state index contributed by atoms with van der Waals surface area (Å²) < 4.78 is 2.06. The molecule has 0 saturated carbocycles. The molecule has 168 valence electrons. The molecule has 0 bridgehead atoms. The topological polar surface area (TPSA) is 70.6 Å². The fourth-order valence-corrected chi connectivity index (χ4v) is 5.27. The SMILES string of the molecule is Cc1cc(N2CCN(CCCC[C@H](N)C(=O)N3CCSC3)CC2)n(-c2ccccc2)n1. The molecule has 2 aliphatic heterocycles. The number of carbonyl (C=O) groups is 1. The maximum atomic E-state index is 12.3. The molecule has 2 aromatic rings. The Hall–Kier alpha value is -2.03. The van der Waals surface area contributed by atoms with Crippen molar-refractivity contribution in [2.24, 2.45) is 5.73 Å². The third-order valence-corrected chi connectivity index (χ3v) is 7.10. The van der Waals surface area contributed by atoms with Gasteiger partial charge in [-0.2, -0.15) is 5.10 Å². The zero-order valence-electron chi connectivity index (χ0n) is 18.4. The first-order valence-electron chi connectivity index (χ1n) is 11.3. The van der Waals surface area contributed by atoms with Crippen molar-refractivity contribution in [3.63, 3.8) is 0 Å². The van der Waals surface area contributed by atoms with Gasteiger partial charge in [0.05, 0.1) is 23.3 Å². The molecule has 2 fully saturated rings. The first kappa shape index (κ1) is 22.2. The van der Waals surface area contributed by atoms with Gasteiger partial charge < -0.3 is 15.5 Å². The number of amides is 1. The molecule has 7 nitrogen and oxygen atoms in total. The molecule has 8 heteroatoms. The van der Waals surface area contributed by atoms with Crippen LogP contribution in [0.25, 0.3) is 5.69 Å². The molecule has 2 aliphatic rings. The Morgan fingerprint density at radius 3 is 2.61 bits per heavy atom. The van der Waals surface area contributed by atoms with E-state index < -0.39 is 0 Å². The minimum atomic E-state index is -0.336. The number of piperazine rings is 1. The second-order valence-electron chi connectivity index (χ2n) is 8.46. The van der Waals surface area contributed by atoms with Gasteiger partial charge in [-0.15, -0.1) is 11.8 Å². The quantitative estimate of drug-likeness (QED) is 0.633. The van der Waals surface area contributed by atoms with Crippen molar-refractivity contribution in [2.45, 2.75) is 32.2 Å². The van der Waals surface area contributed by atoms with Gasteiger partial charge in [0.15, 0.2) is 0 Å². The lowest BCUT2D eigenvalue weighted by Crippen LogP contribution is -2.47. The van der Waals surface area contributed by atoms with Gasteiger partial charge in [0.1, 0.15) is 5.82 Å². The van der Waals surface area contributed by atoms with Crippen molar-refractivity contribution in [3.05, 3.63) is 42.1 Å². The number of hydrogen-bond acceptors (Lipinski definition) is 6. The van der Waals surface area contributed by atoms with Gasteiger partial charge in [-0.25, -0.2) is 4.68 Å². The van der Waals surface area contributed by atoms with Crippen LogP contribution in [0.1, 0.15) is 25.0 Å². The van der Waals surface area contributed by atoms with E-state index in [0.29, 0.717) is 0 Å². The average Bonchev–Trinajstić information content (AvgIpc) is 3.47. The number of hydrogen-bond donors (Lipinski definition) is 1. The van der Waals surface area contributed by atoms with Crippen molar-refractivity contribution in [1.82, 2.24) is 19.6 Å². The fraction of sp³-hybridized carbons (Fsp3) is 0.565. The van der Waals surface area contributed by atoms with E-state index in [1.54, 1.807) is 0 Å². The molecule has 1 aromatic carbocycles. The highest BCUT2D eigenvalue weighted by atomic mass is 32.2. The molecule has 1 amide bonds. The predicted octanol–water partition coefficient (Wildman–Crippen LogP) is 2.33. The van der Waals surface area contributed by atoms with Crippen molar-refractivity contribution >= 4 is 23.5 Å². The highest BCUT2D eigenvalue weighted by molar-refractivity contribution is 7.99. The zero-order valence-corrected chi connectivity index (χ0v) is 19.3. The molecule has 0 unspecified atom stereocenters. The minimum Gasteiger partial charge on any atom is -0.354 e. The van der Waals surface area contributed by atoms with Gasteiger partial charge in [-0.3, -0.25) is 9.69 Å². The Labute approximate surface area is 189 Å². The lowest BCUT2D eigenvalue weighted by molar-refractivity contribution is -0.131. The van der Waals surface area contributed by atoms with Gasteiger partial charge in [0.2, 0.25) is 5.91 Å². The van der Waals surface area contributed by atoms with Gasteiger partial charge in [0, 0.05) is 44.5 Å². The summed E-state index contributed by atoms with van der Waals surface area (Å²) in [5.41, 5.74) is 8.28. The van der Waals surface area contributed by atoms with Crippen LogP contribution < -0.4 is 10.6 Å². The second kappa shape index (κ2) is 10.5. The fourth-order valence-electron chi connectivity index (χ4n) is 4.32. The largest absolute Gasteiger partial charge is 0.354 e. The molecule has 31 heavy (non-hydrogen) atoms. The standard InChI is InChI=1S/C23H34N6OS/c1-19-17-22(29(25-19)20-7-3-2-4-8-20)27-13-11-26(12-14-27)10-6-5-9-21(24)23(30)28-15-16-31-18-28/h2-4,7-8,17,21H,5-6,9-16,18,24H2,1H3/t21-/m0/s1. The Morgan fingerprint density at radius 1 is 1.13 bits per heavy atom. The van der Waals surface area contributed by atoms with E-state index in [1.807, 2.05) is 22.7 Å². The number of thioether (sulfide) groups is 1. The molecule has 0 aliphatic carbocycles. The van der Waals surface area contributed by atoms with Crippen LogP contribution in [0.3, 0.4) is 0 Å². The monoisotopic (exact) mass is 442 g/mol. The molecule has 4 rings (SSSR count). The molecule has 1 aromatic heterocycles. The number of anilines is 1. The maximum Gasteiger partial charge on any atom is 0.240 e. The summed E-state index contributed by atoms with van der Waals surface area (Å²) >= 11 is 1.81. The highest BCUT2D eigenvalue weighted by Gasteiger charge is 2.24. The Morgan fingerprint density at radius 2 is 1.90 bits per heavy atom. The van der Waals surface area contributed by atoms with Crippen molar-refractivity contribution in [1.29, 1.82) is 0 Å². The molecular weight excluding hydrogens is 408 g/mol. The number of aryl methyl sites for hydroxylation is 1. The van der Waals surface area contributed by atoms with Crippen LogP contribution >= 0.6 is 11.8 Å². The Bertz CT molecular complexity index is 843. The third kappa shape index (κ3) is 5.61. The van der Waals surface area contributed by atoms with Gasteiger partial charge in [0.25, 0.3) is 0 Å². The number of aromatic nitrogens is 2. The molecule has 1 atom stereocenters. The average molecular weight is 443 g/mol. The lowest BCUT2D eigenvalue weighted by atomic mass is 10.1. The third-order valence-electron chi connectivity index (χ3n) is 6.13. The van der Waals surface area contributed by atoms with E-state index in [4.69, 9.17) is 10.8 Å². The number of para-hydroxylation sites is 1. The summed E-state index contributed by atoms with van der Waals surface area (Å²) in [7, 11) is 0. The number of rotatable bonds is 8. The Balaban J connectivity index is 1.21. The number of nitrogens with two attached hydrogens (primary N) is 1. The predicted molar refractivity (Wildman–Crippen MR) is 128 cm³/mol. The van der Waals surface area contributed by atoms with E-state index >= 15 is 0 Å². The first-order chi connectivity index (χ1) is 15.1. The summed E-state index contributed by atoms with van der Waals surface area (Å²) in [6.45, 7) is 8.09. The maximum absolute atomic E-state index is 12.3. The van der Waals surface area contributed by atoms with Crippen LogP contribution in [0.15, 0.2) is 36.4 Å². The van der Waals surface area contributed by atoms with Crippen LogP contribution in [-0.4, -0.2) is 82.4 Å². The van der Waals surface area contributed by atoms with Crippen molar-refractivity contribution in [2.75, 3.05) is 55.8 Å². The summed E-state index contributed by atoms with van der Waals surface area (Å²) in [5, 5.41) is 4.71.